The van der Waals surface area contributed by atoms with Gasteiger partial charge < -0.3 is 15.1 Å². The van der Waals surface area contributed by atoms with Crippen LogP contribution in [0.5, 0.6) is 0 Å². The molecule has 3 rings (SSSR count). The lowest BCUT2D eigenvalue weighted by atomic mass is 10.1. The average molecular weight is 380 g/mol. The smallest absolute Gasteiger partial charge is 0.225 e. The molecule has 0 atom stereocenters. The Bertz CT molecular complexity index is 752. The zero-order chi connectivity index (χ0) is 19.6. The van der Waals surface area contributed by atoms with Gasteiger partial charge in [-0.25, -0.2) is 0 Å². The fraction of sp³-hybridized carbons (Fsp3) is 0.409. The lowest BCUT2D eigenvalue weighted by Crippen LogP contribution is -2.36. The summed E-state index contributed by atoms with van der Waals surface area (Å²) in [5.74, 6) is 0.216. The third-order valence-corrected chi connectivity index (χ3v) is 5.01. The van der Waals surface area contributed by atoms with Gasteiger partial charge in [-0.2, -0.15) is 0 Å². The molecular formula is C22H28N4O2. The molecule has 28 heavy (non-hydrogen) atoms. The van der Waals surface area contributed by atoms with Gasteiger partial charge in [-0.05, 0) is 37.1 Å². The van der Waals surface area contributed by atoms with E-state index in [1.807, 2.05) is 29.2 Å². The minimum absolute atomic E-state index is 0.00644. The predicted molar refractivity (Wildman–Crippen MR) is 110 cm³/mol. The molecule has 1 fully saturated rings. The molecule has 2 heterocycles. The molecule has 1 aliphatic rings. The Morgan fingerprint density at radius 2 is 1.82 bits per heavy atom. The van der Waals surface area contributed by atoms with Crippen molar-refractivity contribution in [1.82, 2.24) is 14.8 Å². The fourth-order valence-corrected chi connectivity index (χ4v) is 3.42. The van der Waals surface area contributed by atoms with Crippen molar-refractivity contribution >= 4 is 17.5 Å². The van der Waals surface area contributed by atoms with Crippen molar-refractivity contribution in [2.75, 3.05) is 38.0 Å². The Kier molecular flexibility index (Phi) is 7.55. The van der Waals surface area contributed by atoms with Crippen LogP contribution in [0.15, 0.2) is 54.9 Å². The number of nitrogens with one attached hydrogen (secondary N) is 1. The highest BCUT2D eigenvalue weighted by atomic mass is 16.2. The monoisotopic (exact) mass is 380 g/mol. The topological polar surface area (TPSA) is 65.5 Å². The van der Waals surface area contributed by atoms with Gasteiger partial charge in [0.25, 0.3) is 0 Å². The van der Waals surface area contributed by atoms with Gasteiger partial charge in [-0.1, -0.05) is 30.3 Å². The maximum Gasteiger partial charge on any atom is 0.225 e. The summed E-state index contributed by atoms with van der Waals surface area (Å²) in [5, 5.41) is 2.86. The summed E-state index contributed by atoms with van der Waals surface area (Å²) >= 11 is 0. The largest absolute Gasteiger partial charge is 0.341 e. The molecular weight excluding hydrogens is 352 g/mol. The van der Waals surface area contributed by atoms with E-state index in [2.05, 4.69) is 27.3 Å². The van der Waals surface area contributed by atoms with E-state index < -0.39 is 0 Å². The van der Waals surface area contributed by atoms with Crippen LogP contribution in [0.2, 0.25) is 0 Å². The number of amides is 2. The van der Waals surface area contributed by atoms with Crippen molar-refractivity contribution in [3.63, 3.8) is 0 Å². The summed E-state index contributed by atoms with van der Waals surface area (Å²) in [6.45, 7) is 3.97. The summed E-state index contributed by atoms with van der Waals surface area (Å²) in [5.41, 5.74) is 1.92. The Morgan fingerprint density at radius 3 is 2.61 bits per heavy atom. The van der Waals surface area contributed by atoms with E-state index >= 15 is 0 Å². The van der Waals surface area contributed by atoms with Crippen LogP contribution in [0.3, 0.4) is 0 Å². The number of benzene rings is 1. The molecule has 0 saturated carbocycles. The zero-order valence-electron chi connectivity index (χ0n) is 16.2. The number of hydrogen-bond acceptors (Lipinski definition) is 4. The third-order valence-electron chi connectivity index (χ3n) is 5.01. The Balaban J connectivity index is 1.38. The van der Waals surface area contributed by atoms with Crippen LogP contribution >= 0.6 is 0 Å². The number of anilines is 1. The van der Waals surface area contributed by atoms with E-state index in [0.717, 1.165) is 44.7 Å². The predicted octanol–water partition coefficient (Wildman–Crippen LogP) is 2.58. The maximum absolute atomic E-state index is 12.5. The van der Waals surface area contributed by atoms with Crippen LogP contribution in [0, 0.1) is 0 Å². The number of aryl methyl sites for hydroxylation is 1. The number of carbonyl (C=O) groups is 2. The third kappa shape index (κ3) is 6.46. The average Bonchev–Trinajstić information content (AvgIpc) is 2.98. The van der Waals surface area contributed by atoms with Crippen LogP contribution in [0.4, 0.5) is 5.69 Å². The minimum Gasteiger partial charge on any atom is -0.341 e. The Morgan fingerprint density at radius 1 is 0.964 bits per heavy atom. The van der Waals surface area contributed by atoms with Gasteiger partial charge in [-0.15, -0.1) is 0 Å². The van der Waals surface area contributed by atoms with Crippen LogP contribution in [-0.4, -0.2) is 59.3 Å². The molecule has 0 unspecified atom stereocenters. The first-order valence-electron chi connectivity index (χ1n) is 9.94. The van der Waals surface area contributed by atoms with E-state index in [9.17, 15) is 9.59 Å². The van der Waals surface area contributed by atoms with Gasteiger partial charge in [0, 0.05) is 45.2 Å². The van der Waals surface area contributed by atoms with Crippen molar-refractivity contribution in [1.29, 1.82) is 0 Å². The van der Waals surface area contributed by atoms with Crippen molar-refractivity contribution in [2.45, 2.75) is 25.7 Å². The summed E-state index contributed by atoms with van der Waals surface area (Å²) < 4.78 is 0. The van der Waals surface area contributed by atoms with Crippen LogP contribution in [-0.2, 0) is 16.0 Å². The molecule has 0 radical (unpaired) electrons. The first kappa shape index (κ1) is 20.0. The number of carbonyl (C=O) groups excluding carboxylic acids is 2. The molecule has 2 amide bonds. The van der Waals surface area contributed by atoms with E-state index in [1.54, 1.807) is 18.5 Å². The summed E-state index contributed by atoms with van der Waals surface area (Å²) in [7, 11) is 0. The molecule has 1 aliphatic heterocycles. The number of hydrogen-bond donors (Lipinski definition) is 1. The lowest BCUT2D eigenvalue weighted by Gasteiger charge is -2.22. The Labute approximate surface area is 166 Å². The molecule has 0 aliphatic carbocycles. The Hall–Kier alpha value is -2.73. The maximum atomic E-state index is 12.5. The first-order valence-corrected chi connectivity index (χ1v) is 9.94. The fourth-order valence-electron chi connectivity index (χ4n) is 3.42. The van der Waals surface area contributed by atoms with Crippen LogP contribution in [0.1, 0.15) is 24.8 Å². The zero-order valence-corrected chi connectivity index (χ0v) is 16.2. The van der Waals surface area contributed by atoms with Crippen molar-refractivity contribution < 1.29 is 9.59 Å². The molecule has 1 saturated heterocycles. The molecule has 2 aromatic rings. The lowest BCUT2D eigenvalue weighted by molar-refractivity contribution is -0.131. The van der Waals surface area contributed by atoms with Gasteiger partial charge >= 0.3 is 0 Å². The van der Waals surface area contributed by atoms with Gasteiger partial charge in [0.15, 0.2) is 0 Å². The second kappa shape index (κ2) is 10.6. The van der Waals surface area contributed by atoms with Crippen molar-refractivity contribution in [3.05, 3.63) is 60.4 Å². The van der Waals surface area contributed by atoms with Gasteiger partial charge in [0.05, 0.1) is 11.9 Å². The number of pyridine rings is 1. The molecule has 0 bridgehead atoms. The summed E-state index contributed by atoms with van der Waals surface area (Å²) in [4.78, 5) is 32.9. The summed E-state index contributed by atoms with van der Waals surface area (Å²) in [6.07, 6.45) is 6.05. The molecule has 148 valence electrons. The molecule has 6 heteroatoms. The second-order valence-electron chi connectivity index (χ2n) is 7.10. The van der Waals surface area contributed by atoms with E-state index in [0.29, 0.717) is 19.4 Å². The molecule has 6 nitrogen and oxygen atoms in total. The van der Waals surface area contributed by atoms with Gasteiger partial charge in [0.1, 0.15) is 0 Å². The van der Waals surface area contributed by atoms with Crippen LogP contribution in [0.25, 0.3) is 0 Å². The highest BCUT2D eigenvalue weighted by Crippen LogP contribution is 2.09. The normalized spacial score (nSPS) is 15.1. The first-order chi connectivity index (χ1) is 13.7. The number of nitrogens with zero attached hydrogens (tertiary/aromatic N) is 3. The summed E-state index contributed by atoms with van der Waals surface area (Å²) in [6, 6.07) is 13.8. The van der Waals surface area contributed by atoms with Gasteiger partial charge in [0.2, 0.25) is 11.8 Å². The van der Waals surface area contributed by atoms with E-state index in [-0.39, 0.29) is 11.8 Å². The number of rotatable bonds is 7. The highest BCUT2D eigenvalue weighted by Gasteiger charge is 2.19. The van der Waals surface area contributed by atoms with Crippen molar-refractivity contribution in [2.24, 2.45) is 0 Å². The van der Waals surface area contributed by atoms with E-state index in [1.165, 1.54) is 5.56 Å². The second-order valence-corrected chi connectivity index (χ2v) is 7.10. The molecule has 1 aromatic carbocycles. The molecule has 1 N–H and O–H groups in total. The molecule has 1 aromatic heterocycles. The van der Waals surface area contributed by atoms with Crippen LogP contribution < -0.4 is 5.32 Å². The highest BCUT2D eigenvalue weighted by molar-refractivity contribution is 5.90. The van der Waals surface area contributed by atoms with Gasteiger partial charge in [-0.3, -0.25) is 14.6 Å². The minimum atomic E-state index is -0.00644. The standard InChI is InChI=1S/C22H28N4O2/c27-21(24-20-8-4-12-23-18-20)11-15-25-13-5-14-26(17-16-25)22(28)10-9-19-6-2-1-3-7-19/h1-4,6-8,12,18H,5,9-11,13-17H2,(H,24,27). The number of aromatic nitrogens is 1. The van der Waals surface area contributed by atoms with Crippen molar-refractivity contribution in [3.8, 4) is 0 Å². The molecule has 0 spiro atoms. The quantitative estimate of drug-likeness (QED) is 0.802. The SMILES string of the molecule is O=C(CCN1CCCN(C(=O)CCc2ccccc2)CC1)Nc1cccnc1. The van der Waals surface area contributed by atoms with E-state index in [4.69, 9.17) is 0 Å².